The maximum atomic E-state index is 13.5. The van der Waals surface area contributed by atoms with Gasteiger partial charge >= 0.3 is 0 Å². The van der Waals surface area contributed by atoms with Crippen LogP contribution in [0.1, 0.15) is 27.2 Å². The zero-order valence-electron chi connectivity index (χ0n) is 16.2. The third-order valence-corrected chi connectivity index (χ3v) is 6.19. The van der Waals surface area contributed by atoms with Crippen molar-refractivity contribution in [3.63, 3.8) is 0 Å². The van der Waals surface area contributed by atoms with Crippen LogP contribution in [0.4, 0.5) is 5.13 Å². The number of thiazole rings is 1. The van der Waals surface area contributed by atoms with Gasteiger partial charge in [0.05, 0.1) is 29.6 Å². The zero-order chi connectivity index (χ0) is 20.5. The van der Waals surface area contributed by atoms with E-state index in [-0.39, 0.29) is 12.5 Å². The molecule has 0 aliphatic rings. The number of benzene rings is 2. The summed E-state index contributed by atoms with van der Waals surface area (Å²) < 4.78 is 11.7. The quantitative estimate of drug-likeness (QED) is 0.391. The number of amides is 1. The van der Waals surface area contributed by atoms with E-state index < -0.39 is 0 Å². The van der Waals surface area contributed by atoms with E-state index in [9.17, 15) is 4.79 Å². The molecule has 4 rings (SSSR count). The summed E-state index contributed by atoms with van der Waals surface area (Å²) >= 11 is 7.73. The molecule has 0 bridgehead atoms. The average Bonchev–Trinajstić information content (AvgIpc) is 3.36. The Labute approximate surface area is 177 Å². The highest BCUT2D eigenvalue weighted by Gasteiger charge is 2.25. The number of carbonyl (C=O) groups is 1. The molecule has 2 aromatic carbocycles. The van der Waals surface area contributed by atoms with Crippen LogP contribution in [0.2, 0.25) is 5.02 Å². The summed E-state index contributed by atoms with van der Waals surface area (Å²) in [4.78, 5) is 19.8. The van der Waals surface area contributed by atoms with Crippen LogP contribution in [-0.4, -0.2) is 18.0 Å². The fraction of sp³-hybridized carbons (Fsp3) is 0.182. The van der Waals surface area contributed by atoms with Crippen molar-refractivity contribution >= 4 is 44.2 Å². The van der Waals surface area contributed by atoms with Crippen LogP contribution in [0.5, 0.6) is 5.75 Å². The number of anilines is 1. The van der Waals surface area contributed by atoms with Crippen LogP contribution >= 0.6 is 22.9 Å². The highest BCUT2D eigenvalue weighted by atomic mass is 35.5. The predicted octanol–water partition coefficient (Wildman–Crippen LogP) is 6.02. The van der Waals surface area contributed by atoms with Gasteiger partial charge in [0.25, 0.3) is 5.91 Å². The van der Waals surface area contributed by atoms with Crippen molar-refractivity contribution in [1.29, 1.82) is 0 Å². The highest BCUT2D eigenvalue weighted by molar-refractivity contribution is 7.23. The number of halogens is 1. The first-order chi connectivity index (χ1) is 14.0. The number of methoxy groups -OCH3 is 1. The van der Waals surface area contributed by atoms with Crippen LogP contribution in [0.3, 0.4) is 0 Å². The minimum absolute atomic E-state index is 0.145. The topological polar surface area (TPSA) is 55.6 Å². The molecule has 2 heterocycles. The highest BCUT2D eigenvalue weighted by Crippen LogP contribution is 2.39. The second kappa shape index (κ2) is 7.89. The summed E-state index contributed by atoms with van der Waals surface area (Å²) in [6.45, 7) is 4.20. The van der Waals surface area contributed by atoms with Crippen molar-refractivity contribution in [2.24, 2.45) is 0 Å². The number of aryl methyl sites for hydroxylation is 2. The second-order valence-electron chi connectivity index (χ2n) is 6.71. The molecule has 7 heteroatoms. The molecule has 2 aromatic heterocycles. The second-order valence-corrected chi connectivity index (χ2v) is 8.10. The first-order valence-electron chi connectivity index (χ1n) is 9.02. The lowest BCUT2D eigenvalue weighted by atomic mass is 10.0. The van der Waals surface area contributed by atoms with Crippen molar-refractivity contribution in [3.05, 3.63) is 76.2 Å². The molecular formula is C22H19ClN2O3S. The normalized spacial score (nSPS) is 11.0. The van der Waals surface area contributed by atoms with Gasteiger partial charge in [0.15, 0.2) is 5.13 Å². The number of aromatic nitrogens is 1. The predicted molar refractivity (Wildman–Crippen MR) is 116 cm³/mol. The monoisotopic (exact) mass is 426 g/mol. The Balaban J connectivity index is 1.83. The molecular weight excluding hydrogens is 408 g/mol. The molecule has 5 nitrogen and oxygen atoms in total. The summed E-state index contributed by atoms with van der Waals surface area (Å²) in [5.74, 6) is 1.14. The molecule has 29 heavy (non-hydrogen) atoms. The lowest BCUT2D eigenvalue weighted by Gasteiger charge is -2.20. The Bertz CT molecular complexity index is 1180. The molecule has 1 amide bonds. The molecule has 0 atom stereocenters. The third-order valence-electron chi connectivity index (χ3n) is 4.65. The Morgan fingerprint density at radius 1 is 1.24 bits per heavy atom. The number of furan rings is 1. The van der Waals surface area contributed by atoms with E-state index in [4.69, 9.17) is 25.7 Å². The van der Waals surface area contributed by atoms with E-state index in [0.29, 0.717) is 32.7 Å². The largest absolute Gasteiger partial charge is 0.494 e. The van der Waals surface area contributed by atoms with Gasteiger partial charge in [-0.1, -0.05) is 40.6 Å². The van der Waals surface area contributed by atoms with Gasteiger partial charge in [0.1, 0.15) is 17.0 Å². The maximum absolute atomic E-state index is 13.5. The third kappa shape index (κ3) is 3.73. The molecule has 0 aliphatic carbocycles. The molecule has 0 saturated heterocycles. The Kier molecular flexibility index (Phi) is 5.30. The van der Waals surface area contributed by atoms with Gasteiger partial charge < -0.3 is 9.15 Å². The molecule has 0 saturated carbocycles. The van der Waals surface area contributed by atoms with E-state index in [1.54, 1.807) is 36.5 Å². The van der Waals surface area contributed by atoms with Crippen LogP contribution in [0, 0.1) is 13.8 Å². The zero-order valence-corrected chi connectivity index (χ0v) is 17.8. The first kappa shape index (κ1) is 19.5. The number of hydrogen-bond donors (Lipinski definition) is 0. The number of hydrogen-bond acceptors (Lipinski definition) is 5. The number of fused-ring (bicyclic) bond motifs is 1. The van der Waals surface area contributed by atoms with Crippen molar-refractivity contribution in [2.75, 3.05) is 12.0 Å². The lowest BCUT2D eigenvalue weighted by Crippen LogP contribution is -2.30. The summed E-state index contributed by atoms with van der Waals surface area (Å²) in [5, 5.41) is 1.11. The number of carbonyl (C=O) groups excluding carboxylic acids is 1. The van der Waals surface area contributed by atoms with Crippen molar-refractivity contribution in [3.8, 4) is 5.75 Å². The Morgan fingerprint density at radius 2 is 2.07 bits per heavy atom. The molecule has 0 N–H and O–H groups in total. The maximum Gasteiger partial charge on any atom is 0.260 e. The first-order valence-corrected chi connectivity index (χ1v) is 10.2. The fourth-order valence-corrected chi connectivity index (χ4v) is 4.46. The van der Waals surface area contributed by atoms with Crippen molar-refractivity contribution < 1.29 is 13.9 Å². The standard InChI is InChI=1S/C22H19ClN2O3S/c1-13-6-7-16(14(2)11-13)21(26)25(12-15-5-4-10-28-15)22-24-19-18(27-3)9-8-17(23)20(19)29-22/h4-11H,12H2,1-3H3. The minimum atomic E-state index is -0.145. The number of nitrogens with zero attached hydrogens (tertiary/aromatic N) is 2. The van der Waals surface area contributed by atoms with Gasteiger partial charge in [0.2, 0.25) is 0 Å². The summed E-state index contributed by atoms with van der Waals surface area (Å²) in [6, 6.07) is 13.0. The number of ether oxygens (including phenoxy) is 1. The van der Waals surface area contributed by atoms with E-state index in [0.717, 1.165) is 15.8 Å². The van der Waals surface area contributed by atoms with Gasteiger partial charge in [0, 0.05) is 5.56 Å². The molecule has 0 unspecified atom stereocenters. The van der Waals surface area contributed by atoms with E-state index in [1.165, 1.54) is 11.3 Å². The van der Waals surface area contributed by atoms with Gasteiger partial charge in [-0.2, -0.15) is 0 Å². The van der Waals surface area contributed by atoms with Crippen LogP contribution in [0.25, 0.3) is 10.2 Å². The van der Waals surface area contributed by atoms with E-state index in [2.05, 4.69) is 0 Å². The smallest absolute Gasteiger partial charge is 0.260 e. The minimum Gasteiger partial charge on any atom is -0.494 e. The van der Waals surface area contributed by atoms with E-state index >= 15 is 0 Å². The average molecular weight is 427 g/mol. The van der Waals surface area contributed by atoms with Crippen LogP contribution < -0.4 is 9.64 Å². The van der Waals surface area contributed by atoms with Crippen molar-refractivity contribution in [2.45, 2.75) is 20.4 Å². The molecule has 0 fully saturated rings. The van der Waals surface area contributed by atoms with Crippen molar-refractivity contribution in [1.82, 2.24) is 4.98 Å². The fourth-order valence-electron chi connectivity index (χ4n) is 3.20. The lowest BCUT2D eigenvalue weighted by molar-refractivity contribution is 0.0982. The molecule has 148 valence electrons. The van der Waals surface area contributed by atoms with Gasteiger partial charge in [-0.05, 0) is 49.7 Å². The number of rotatable bonds is 5. The summed E-state index contributed by atoms with van der Waals surface area (Å²) in [5.41, 5.74) is 3.28. The SMILES string of the molecule is COc1ccc(Cl)c2sc(N(Cc3ccco3)C(=O)c3ccc(C)cc3C)nc12. The Morgan fingerprint density at radius 3 is 2.76 bits per heavy atom. The van der Waals surface area contributed by atoms with E-state index in [1.807, 2.05) is 38.1 Å². The van der Waals surface area contributed by atoms with Gasteiger partial charge in [-0.15, -0.1) is 0 Å². The van der Waals surface area contributed by atoms with Crippen LogP contribution in [0.15, 0.2) is 53.1 Å². The van der Waals surface area contributed by atoms with Crippen LogP contribution in [-0.2, 0) is 6.54 Å². The Hall–Kier alpha value is -2.83. The van der Waals surface area contributed by atoms with Gasteiger partial charge in [-0.3, -0.25) is 9.69 Å². The molecule has 4 aromatic rings. The molecule has 0 aliphatic heterocycles. The molecule has 0 spiro atoms. The summed E-state index contributed by atoms with van der Waals surface area (Å²) in [6.07, 6.45) is 1.59. The van der Waals surface area contributed by atoms with Gasteiger partial charge in [-0.25, -0.2) is 4.98 Å². The summed E-state index contributed by atoms with van der Waals surface area (Å²) in [7, 11) is 1.59. The molecule has 0 radical (unpaired) electrons.